The van der Waals surface area contributed by atoms with Gasteiger partial charge in [0.1, 0.15) is 11.2 Å². The van der Waals surface area contributed by atoms with E-state index in [0.717, 1.165) is 5.69 Å². The minimum absolute atomic E-state index is 0.399. The molecule has 0 aliphatic rings. The molecule has 3 heteroatoms. The first-order chi connectivity index (χ1) is 9.59. The zero-order chi connectivity index (χ0) is 14.3. The molecule has 102 valence electrons. The molecule has 1 aromatic carbocycles. The predicted molar refractivity (Wildman–Crippen MR) is 81.1 cm³/mol. The van der Waals surface area contributed by atoms with Gasteiger partial charge in [-0.15, -0.1) is 0 Å². The molecule has 0 amide bonds. The number of benzene rings is 1. The van der Waals surface area contributed by atoms with Crippen LogP contribution < -0.4 is 4.68 Å². The third-order valence-electron chi connectivity index (χ3n) is 3.80. The number of rotatable bonds is 2. The zero-order valence-electron chi connectivity index (χ0n) is 12.5. The minimum atomic E-state index is 0.399. The molecule has 0 aliphatic carbocycles. The molecule has 0 bridgehead atoms. The first-order valence-corrected chi connectivity index (χ1v) is 7.02. The van der Waals surface area contributed by atoms with Gasteiger partial charge in [0.15, 0.2) is 0 Å². The summed E-state index contributed by atoms with van der Waals surface area (Å²) in [6.07, 6.45) is 4.09. The molecule has 0 aliphatic heterocycles. The molecule has 0 N–H and O–H groups in total. The van der Waals surface area contributed by atoms with Crippen LogP contribution in [0.4, 0.5) is 0 Å². The Hall–Kier alpha value is -2.16. The third kappa shape index (κ3) is 1.90. The van der Waals surface area contributed by atoms with Crippen LogP contribution >= 0.6 is 0 Å². The summed E-state index contributed by atoms with van der Waals surface area (Å²) < 4.78 is 4.40. The van der Waals surface area contributed by atoms with Crippen molar-refractivity contribution in [3.8, 4) is 5.69 Å². The van der Waals surface area contributed by atoms with Crippen molar-refractivity contribution in [1.29, 1.82) is 0 Å². The fraction of sp³-hybridized carbons (Fsp3) is 0.294. The lowest BCUT2D eigenvalue weighted by Gasteiger charge is -2.09. The van der Waals surface area contributed by atoms with E-state index in [4.69, 9.17) is 0 Å². The highest BCUT2D eigenvalue weighted by atomic mass is 15.4. The van der Waals surface area contributed by atoms with Crippen LogP contribution in [0.25, 0.3) is 16.6 Å². The van der Waals surface area contributed by atoms with E-state index >= 15 is 0 Å². The lowest BCUT2D eigenvalue weighted by Crippen LogP contribution is -2.40. The van der Waals surface area contributed by atoms with Crippen molar-refractivity contribution in [1.82, 2.24) is 9.67 Å². The fourth-order valence-electron chi connectivity index (χ4n) is 2.73. The molecule has 3 aromatic rings. The van der Waals surface area contributed by atoms with Gasteiger partial charge >= 0.3 is 0 Å². The Morgan fingerprint density at radius 2 is 1.90 bits per heavy atom. The molecular formula is C17H20N3+. The van der Waals surface area contributed by atoms with Crippen molar-refractivity contribution in [2.45, 2.75) is 26.7 Å². The van der Waals surface area contributed by atoms with Crippen molar-refractivity contribution in [3.05, 3.63) is 54.0 Å². The molecule has 0 fully saturated rings. The van der Waals surface area contributed by atoms with E-state index in [2.05, 4.69) is 78.7 Å². The lowest BCUT2D eigenvalue weighted by atomic mass is 10.1. The molecule has 20 heavy (non-hydrogen) atoms. The Labute approximate surface area is 119 Å². The van der Waals surface area contributed by atoms with Gasteiger partial charge in [0.05, 0.1) is 12.4 Å². The van der Waals surface area contributed by atoms with Gasteiger partial charge in [-0.1, -0.05) is 30.7 Å². The minimum Gasteiger partial charge on any atom is -0.254 e. The number of aryl methyl sites for hydroxylation is 2. The van der Waals surface area contributed by atoms with E-state index in [9.17, 15) is 0 Å². The predicted octanol–water partition coefficient (Wildman–Crippen LogP) is 3.28. The summed E-state index contributed by atoms with van der Waals surface area (Å²) in [5.74, 6) is 0.399. The largest absolute Gasteiger partial charge is 0.260 e. The van der Waals surface area contributed by atoms with E-state index in [1.165, 1.54) is 22.2 Å². The van der Waals surface area contributed by atoms with Crippen LogP contribution in [0.1, 0.15) is 31.0 Å². The van der Waals surface area contributed by atoms with Crippen molar-refractivity contribution >= 4 is 10.9 Å². The Morgan fingerprint density at radius 3 is 2.60 bits per heavy atom. The average Bonchev–Trinajstić information content (AvgIpc) is 2.76. The van der Waals surface area contributed by atoms with Gasteiger partial charge in [0.25, 0.3) is 5.69 Å². The van der Waals surface area contributed by atoms with Gasteiger partial charge in [-0.2, -0.15) is 4.68 Å². The summed E-state index contributed by atoms with van der Waals surface area (Å²) in [4.78, 5) is 4.59. The van der Waals surface area contributed by atoms with Gasteiger partial charge < -0.3 is 0 Å². The van der Waals surface area contributed by atoms with Gasteiger partial charge in [0.2, 0.25) is 6.20 Å². The van der Waals surface area contributed by atoms with Crippen LogP contribution in [0.3, 0.4) is 0 Å². The maximum absolute atomic E-state index is 4.59. The molecule has 0 unspecified atom stereocenters. The standard InChI is InChI=1S/C17H20N3/c1-12(2)16-17(13(3)9-10-18-16)20-11-14-7-5-6-8-15(14)19(20)4/h5-12H,1-4H3/q+1. The number of para-hydroxylation sites is 1. The summed E-state index contributed by atoms with van der Waals surface area (Å²) in [5.41, 5.74) is 4.81. The number of nitrogens with zero attached hydrogens (tertiary/aromatic N) is 3. The average molecular weight is 266 g/mol. The second-order valence-corrected chi connectivity index (χ2v) is 5.57. The van der Waals surface area contributed by atoms with Crippen LogP contribution in [0.2, 0.25) is 0 Å². The fourth-order valence-corrected chi connectivity index (χ4v) is 2.73. The maximum atomic E-state index is 4.59. The molecule has 3 nitrogen and oxygen atoms in total. The topological polar surface area (TPSA) is 21.7 Å². The van der Waals surface area contributed by atoms with E-state index in [1.54, 1.807) is 0 Å². The van der Waals surface area contributed by atoms with E-state index in [-0.39, 0.29) is 0 Å². The highest BCUT2D eigenvalue weighted by Crippen LogP contribution is 2.21. The second kappa shape index (κ2) is 4.75. The molecule has 0 atom stereocenters. The summed E-state index contributed by atoms with van der Waals surface area (Å²) in [6.45, 7) is 6.52. The molecular weight excluding hydrogens is 246 g/mol. The van der Waals surface area contributed by atoms with Crippen molar-refractivity contribution < 1.29 is 4.68 Å². The monoisotopic (exact) mass is 266 g/mol. The first kappa shape index (κ1) is 12.9. The smallest absolute Gasteiger partial charge is 0.254 e. The molecule has 0 spiro atoms. The summed E-state index contributed by atoms with van der Waals surface area (Å²) in [7, 11) is 2.10. The highest BCUT2D eigenvalue weighted by Gasteiger charge is 2.24. The molecule has 3 rings (SSSR count). The van der Waals surface area contributed by atoms with Gasteiger partial charge in [-0.3, -0.25) is 4.98 Å². The van der Waals surface area contributed by atoms with Crippen molar-refractivity contribution in [2.24, 2.45) is 7.05 Å². The Bertz CT molecular complexity index is 769. The highest BCUT2D eigenvalue weighted by molar-refractivity contribution is 5.77. The van der Waals surface area contributed by atoms with E-state index in [0.29, 0.717) is 5.92 Å². The zero-order valence-corrected chi connectivity index (χ0v) is 12.5. The molecule has 0 saturated heterocycles. The summed E-state index contributed by atoms with van der Waals surface area (Å²) in [6, 6.07) is 10.5. The Kier molecular flexibility index (Phi) is 3.05. The van der Waals surface area contributed by atoms with Crippen LogP contribution in [-0.4, -0.2) is 9.67 Å². The molecule has 2 aromatic heterocycles. The van der Waals surface area contributed by atoms with E-state index < -0.39 is 0 Å². The molecule has 2 heterocycles. The van der Waals surface area contributed by atoms with Gasteiger partial charge in [0, 0.05) is 17.7 Å². The van der Waals surface area contributed by atoms with Crippen molar-refractivity contribution in [2.75, 3.05) is 0 Å². The van der Waals surface area contributed by atoms with Crippen LogP contribution in [0.5, 0.6) is 0 Å². The molecule has 0 radical (unpaired) electrons. The second-order valence-electron chi connectivity index (χ2n) is 5.57. The normalized spacial score (nSPS) is 11.4. The van der Waals surface area contributed by atoms with E-state index in [1.807, 2.05) is 6.20 Å². The summed E-state index contributed by atoms with van der Waals surface area (Å²) in [5, 5.41) is 1.24. The summed E-state index contributed by atoms with van der Waals surface area (Å²) >= 11 is 0. The number of aromatic nitrogens is 3. The molecule has 0 saturated carbocycles. The first-order valence-electron chi connectivity index (χ1n) is 7.02. The Morgan fingerprint density at radius 1 is 1.15 bits per heavy atom. The lowest BCUT2D eigenvalue weighted by molar-refractivity contribution is -0.680. The number of fused-ring (bicyclic) bond motifs is 1. The number of hydrogen-bond donors (Lipinski definition) is 0. The van der Waals surface area contributed by atoms with Gasteiger partial charge in [-0.25, -0.2) is 0 Å². The maximum Gasteiger partial charge on any atom is 0.260 e. The SMILES string of the molecule is Cc1ccnc(C(C)C)c1-[n+]1cc2ccccc2n1C. The van der Waals surface area contributed by atoms with Crippen molar-refractivity contribution in [3.63, 3.8) is 0 Å². The Balaban J connectivity index is 2.34. The van der Waals surface area contributed by atoms with Crippen LogP contribution in [0, 0.1) is 6.92 Å². The quantitative estimate of drug-likeness (QED) is 0.652. The number of pyridine rings is 1. The van der Waals surface area contributed by atoms with Crippen LogP contribution in [0.15, 0.2) is 42.7 Å². The number of hydrogen-bond acceptors (Lipinski definition) is 1. The third-order valence-corrected chi connectivity index (χ3v) is 3.80. The van der Waals surface area contributed by atoms with Crippen LogP contribution in [-0.2, 0) is 7.05 Å². The van der Waals surface area contributed by atoms with Gasteiger partial charge in [-0.05, 0) is 25.1 Å².